The van der Waals surface area contributed by atoms with E-state index in [0.29, 0.717) is 0 Å². The van der Waals surface area contributed by atoms with E-state index in [0.717, 1.165) is 31.2 Å². The lowest BCUT2D eigenvalue weighted by Gasteiger charge is -2.29. The van der Waals surface area contributed by atoms with Crippen molar-refractivity contribution in [1.29, 1.82) is 0 Å². The number of carbonyl (C=O) groups excluding carboxylic acids is 2. The van der Waals surface area contributed by atoms with Gasteiger partial charge in [-0.1, -0.05) is 56.5 Å². The molecule has 0 radical (unpaired) electrons. The summed E-state index contributed by atoms with van der Waals surface area (Å²) in [5.41, 5.74) is 0.969. The Morgan fingerprint density at radius 3 is 2.25 bits per heavy atom. The molecule has 3 heteroatoms. The SMILES string of the molecule is CC1C(=O)N(C2CCCCC2)C(=O)C1c1ccccc1. The molecule has 0 spiro atoms. The summed E-state index contributed by atoms with van der Waals surface area (Å²) in [4.78, 5) is 26.8. The lowest BCUT2D eigenvalue weighted by molar-refractivity contribution is -0.142. The Labute approximate surface area is 120 Å². The van der Waals surface area contributed by atoms with Crippen LogP contribution in [0.3, 0.4) is 0 Å². The quantitative estimate of drug-likeness (QED) is 0.775. The highest BCUT2D eigenvalue weighted by molar-refractivity contribution is 6.07. The zero-order valence-electron chi connectivity index (χ0n) is 11.9. The minimum absolute atomic E-state index is 0.0144. The van der Waals surface area contributed by atoms with Gasteiger partial charge in [-0.15, -0.1) is 0 Å². The molecule has 106 valence electrons. The van der Waals surface area contributed by atoms with Crippen molar-refractivity contribution in [1.82, 2.24) is 4.90 Å². The molecule has 2 aliphatic rings. The van der Waals surface area contributed by atoms with Gasteiger partial charge in [0.1, 0.15) is 0 Å². The highest BCUT2D eigenvalue weighted by Crippen LogP contribution is 2.38. The van der Waals surface area contributed by atoms with Gasteiger partial charge in [-0.2, -0.15) is 0 Å². The third-order valence-electron chi connectivity index (χ3n) is 4.73. The first kappa shape index (κ1) is 13.3. The van der Waals surface area contributed by atoms with Gasteiger partial charge in [0, 0.05) is 6.04 Å². The number of likely N-dealkylation sites (tertiary alicyclic amines) is 1. The van der Waals surface area contributed by atoms with Crippen LogP contribution in [-0.4, -0.2) is 22.8 Å². The molecule has 0 aromatic heterocycles. The van der Waals surface area contributed by atoms with Crippen molar-refractivity contribution >= 4 is 11.8 Å². The predicted octanol–water partition coefficient (Wildman–Crippen LogP) is 3.11. The molecule has 1 aliphatic carbocycles. The fraction of sp³-hybridized carbons (Fsp3) is 0.529. The lowest BCUT2D eigenvalue weighted by atomic mass is 9.89. The molecule has 1 aliphatic heterocycles. The first-order valence-corrected chi connectivity index (χ1v) is 7.62. The van der Waals surface area contributed by atoms with E-state index in [1.165, 1.54) is 6.42 Å². The van der Waals surface area contributed by atoms with Crippen LogP contribution in [0.4, 0.5) is 0 Å². The predicted molar refractivity (Wildman–Crippen MR) is 77.1 cm³/mol. The van der Waals surface area contributed by atoms with Crippen molar-refractivity contribution in [2.75, 3.05) is 0 Å². The van der Waals surface area contributed by atoms with E-state index in [2.05, 4.69) is 0 Å². The summed E-state index contributed by atoms with van der Waals surface area (Å²) in [7, 11) is 0. The van der Waals surface area contributed by atoms with E-state index in [1.807, 2.05) is 37.3 Å². The zero-order valence-corrected chi connectivity index (χ0v) is 11.9. The second-order valence-corrected chi connectivity index (χ2v) is 6.02. The second-order valence-electron chi connectivity index (χ2n) is 6.02. The van der Waals surface area contributed by atoms with Gasteiger partial charge in [0.15, 0.2) is 0 Å². The number of amides is 2. The fourth-order valence-corrected chi connectivity index (χ4v) is 3.63. The summed E-state index contributed by atoms with van der Waals surface area (Å²) in [5, 5.41) is 0. The maximum absolute atomic E-state index is 12.7. The van der Waals surface area contributed by atoms with Gasteiger partial charge in [-0.25, -0.2) is 0 Å². The average molecular weight is 271 g/mol. The molecule has 1 saturated heterocycles. The zero-order chi connectivity index (χ0) is 14.1. The molecule has 1 aromatic carbocycles. The maximum atomic E-state index is 12.7. The van der Waals surface area contributed by atoms with Gasteiger partial charge < -0.3 is 0 Å². The molecule has 0 N–H and O–H groups in total. The monoisotopic (exact) mass is 271 g/mol. The van der Waals surface area contributed by atoms with Gasteiger partial charge in [-0.3, -0.25) is 14.5 Å². The Morgan fingerprint density at radius 2 is 1.60 bits per heavy atom. The Morgan fingerprint density at radius 1 is 0.950 bits per heavy atom. The number of imide groups is 1. The summed E-state index contributed by atoms with van der Waals surface area (Å²) >= 11 is 0. The number of carbonyl (C=O) groups is 2. The summed E-state index contributed by atoms with van der Waals surface area (Å²) in [5.74, 6) is -0.478. The number of rotatable bonds is 2. The van der Waals surface area contributed by atoms with E-state index in [4.69, 9.17) is 0 Å². The molecule has 2 fully saturated rings. The van der Waals surface area contributed by atoms with Crippen LogP contribution < -0.4 is 0 Å². The number of nitrogens with zero attached hydrogens (tertiary/aromatic N) is 1. The van der Waals surface area contributed by atoms with E-state index < -0.39 is 0 Å². The van der Waals surface area contributed by atoms with Gasteiger partial charge in [0.05, 0.1) is 11.8 Å². The average Bonchev–Trinajstić information content (AvgIpc) is 2.71. The van der Waals surface area contributed by atoms with Crippen LogP contribution in [0.1, 0.15) is 50.5 Å². The van der Waals surface area contributed by atoms with Gasteiger partial charge in [0.2, 0.25) is 11.8 Å². The van der Waals surface area contributed by atoms with Gasteiger partial charge in [0.25, 0.3) is 0 Å². The van der Waals surface area contributed by atoms with Crippen molar-refractivity contribution in [2.45, 2.75) is 51.0 Å². The molecule has 1 aromatic rings. The summed E-state index contributed by atoms with van der Waals surface area (Å²) in [6.07, 6.45) is 5.44. The van der Waals surface area contributed by atoms with Crippen LogP contribution in [0.2, 0.25) is 0 Å². The Bertz CT molecular complexity index is 505. The first-order chi connectivity index (χ1) is 9.70. The molecular formula is C17H21NO2. The minimum atomic E-state index is -0.286. The molecule has 1 heterocycles. The maximum Gasteiger partial charge on any atom is 0.237 e. The fourth-order valence-electron chi connectivity index (χ4n) is 3.63. The highest BCUT2D eigenvalue weighted by atomic mass is 16.2. The molecule has 2 amide bonds. The Hall–Kier alpha value is -1.64. The number of benzene rings is 1. The second kappa shape index (κ2) is 5.39. The van der Waals surface area contributed by atoms with Crippen LogP contribution in [0.25, 0.3) is 0 Å². The normalized spacial score (nSPS) is 28.1. The molecule has 3 nitrogen and oxygen atoms in total. The molecule has 3 rings (SSSR count). The summed E-state index contributed by atoms with van der Waals surface area (Å²) < 4.78 is 0. The lowest BCUT2D eigenvalue weighted by Crippen LogP contribution is -2.41. The number of hydrogen-bond donors (Lipinski definition) is 0. The molecule has 0 bridgehead atoms. The van der Waals surface area contributed by atoms with Crippen molar-refractivity contribution in [3.05, 3.63) is 35.9 Å². The van der Waals surface area contributed by atoms with Crippen LogP contribution in [0, 0.1) is 5.92 Å². The summed E-state index contributed by atoms with van der Waals surface area (Å²) in [6.45, 7) is 1.89. The third-order valence-corrected chi connectivity index (χ3v) is 4.73. The molecular weight excluding hydrogens is 250 g/mol. The largest absolute Gasteiger partial charge is 0.279 e. The third kappa shape index (κ3) is 2.15. The summed E-state index contributed by atoms with van der Waals surface area (Å²) in [6, 6.07) is 9.85. The first-order valence-electron chi connectivity index (χ1n) is 7.62. The van der Waals surface area contributed by atoms with Crippen LogP contribution in [0.5, 0.6) is 0 Å². The van der Waals surface area contributed by atoms with Gasteiger partial charge >= 0.3 is 0 Å². The van der Waals surface area contributed by atoms with E-state index >= 15 is 0 Å². The van der Waals surface area contributed by atoms with Crippen molar-refractivity contribution in [2.24, 2.45) is 5.92 Å². The van der Waals surface area contributed by atoms with Gasteiger partial charge in [-0.05, 0) is 18.4 Å². The van der Waals surface area contributed by atoms with Crippen molar-refractivity contribution in [3.8, 4) is 0 Å². The van der Waals surface area contributed by atoms with E-state index in [-0.39, 0.29) is 29.7 Å². The highest BCUT2D eigenvalue weighted by Gasteiger charge is 2.48. The molecule has 2 atom stereocenters. The smallest absolute Gasteiger partial charge is 0.237 e. The van der Waals surface area contributed by atoms with Crippen molar-refractivity contribution in [3.63, 3.8) is 0 Å². The van der Waals surface area contributed by atoms with Crippen LogP contribution in [-0.2, 0) is 9.59 Å². The van der Waals surface area contributed by atoms with E-state index in [1.54, 1.807) is 4.90 Å². The van der Waals surface area contributed by atoms with Crippen molar-refractivity contribution < 1.29 is 9.59 Å². The minimum Gasteiger partial charge on any atom is -0.279 e. The molecule has 1 saturated carbocycles. The molecule has 2 unspecified atom stereocenters. The standard InChI is InChI=1S/C17H21NO2/c1-12-15(13-8-4-2-5-9-13)17(20)18(16(12)19)14-10-6-3-7-11-14/h2,4-5,8-9,12,14-15H,3,6-7,10-11H2,1H3. The Kier molecular flexibility index (Phi) is 3.60. The topological polar surface area (TPSA) is 37.4 Å². The van der Waals surface area contributed by atoms with E-state index in [9.17, 15) is 9.59 Å². The Balaban J connectivity index is 1.88. The van der Waals surface area contributed by atoms with Crippen LogP contribution in [0.15, 0.2) is 30.3 Å². The van der Waals surface area contributed by atoms with Crippen LogP contribution >= 0.6 is 0 Å². The molecule has 20 heavy (non-hydrogen) atoms. The number of hydrogen-bond acceptors (Lipinski definition) is 2.